The number of nitrogens with two attached hydrogens (primary N) is 1. The average Bonchev–Trinajstić information content (AvgIpc) is 2.68. The first-order chi connectivity index (χ1) is 13.1. The van der Waals surface area contributed by atoms with Crippen molar-refractivity contribution in [1.82, 2.24) is 10.3 Å². The number of amides is 1. The Morgan fingerprint density at radius 3 is 2.31 bits per heavy atom. The van der Waals surface area contributed by atoms with E-state index in [2.05, 4.69) is 47.6 Å². The summed E-state index contributed by atoms with van der Waals surface area (Å²) in [5.41, 5.74) is 9.73. The van der Waals surface area contributed by atoms with Crippen LogP contribution in [0, 0.1) is 17.8 Å². The van der Waals surface area contributed by atoms with Crippen molar-refractivity contribution in [3.8, 4) is 11.1 Å². The van der Waals surface area contributed by atoms with E-state index in [1.807, 2.05) is 12.3 Å². The van der Waals surface area contributed by atoms with Gasteiger partial charge in [-0.2, -0.15) is 0 Å². The molecule has 3 N–H and O–H groups in total. The van der Waals surface area contributed by atoms with E-state index in [1.165, 1.54) is 19.3 Å². The number of nitrogens with zero attached hydrogens (tertiary/aromatic N) is 1. The molecule has 0 aliphatic heterocycles. The first kappa shape index (κ1) is 23.7. The average molecular weight is 436 g/mol. The van der Waals surface area contributed by atoms with Gasteiger partial charge in [0.2, 0.25) is 5.91 Å². The van der Waals surface area contributed by atoms with Crippen LogP contribution in [0.25, 0.3) is 11.1 Å². The van der Waals surface area contributed by atoms with Gasteiger partial charge in [-0.05, 0) is 67.2 Å². The molecule has 29 heavy (non-hydrogen) atoms. The maximum absolute atomic E-state index is 12.8. The predicted octanol–water partition coefficient (Wildman–Crippen LogP) is 4.92. The minimum atomic E-state index is 0. The third kappa shape index (κ3) is 5.30. The summed E-state index contributed by atoms with van der Waals surface area (Å²) in [7, 11) is 0. The van der Waals surface area contributed by atoms with Gasteiger partial charge in [0.1, 0.15) is 0 Å². The minimum absolute atomic E-state index is 0. The van der Waals surface area contributed by atoms with E-state index in [1.54, 1.807) is 6.20 Å². The van der Waals surface area contributed by atoms with Crippen LogP contribution in [0.3, 0.4) is 0 Å². The van der Waals surface area contributed by atoms with Gasteiger partial charge in [-0.15, -0.1) is 24.8 Å². The molecule has 3 atom stereocenters. The number of hydrogen-bond donors (Lipinski definition) is 2. The van der Waals surface area contributed by atoms with Gasteiger partial charge in [0.15, 0.2) is 0 Å². The van der Waals surface area contributed by atoms with Crippen LogP contribution in [0.15, 0.2) is 48.8 Å². The van der Waals surface area contributed by atoms with Crippen LogP contribution >= 0.6 is 24.8 Å². The molecule has 0 radical (unpaired) electrons. The van der Waals surface area contributed by atoms with Gasteiger partial charge in [-0.1, -0.05) is 36.8 Å². The van der Waals surface area contributed by atoms with Crippen LogP contribution in [0.1, 0.15) is 50.6 Å². The van der Waals surface area contributed by atoms with Crippen molar-refractivity contribution in [1.29, 1.82) is 0 Å². The summed E-state index contributed by atoms with van der Waals surface area (Å²) < 4.78 is 0. The molecule has 4 nitrogen and oxygen atoms in total. The summed E-state index contributed by atoms with van der Waals surface area (Å²) in [5, 5.41) is 3.24. The van der Waals surface area contributed by atoms with Crippen LogP contribution in [0.4, 0.5) is 0 Å². The fourth-order valence-corrected chi connectivity index (χ4v) is 4.92. The SMILES string of the molecule is CC(NC(=O)C1CC2CCCC(C1)C2N)c1ccc(-c2cccnc2)cc1.Cl.Cl. The number of benzene rings is 1. The van der Waals surface area contributed by atoms with Gasteiger partial charge in [0.05, 0.1) is 6.04 Å². The maximum atomic E-state index is 12.8. The molecule has 1 aromatic carbocycles. The lowest BCUT2D eigenvalue weighted by atomic mass is 9.65. The molecule has 2 saturated carbocycles. The number of pyridine rings is 1. The van der Waals surface area contributed by atoms with Crippen LogP contribution in [-0.4, -0.2) is 16.9 Å². The lowest BCUT2D eigenvalue weighted by Gasteiger charge is -2.43. The van der Waals surface area contributed by atoms with Crippen molar-refractivity contribution < 1.29 is 4.79 Å². The lowest BCUT2D eigenvalue weighted by molar-refractivity contribution is -0.128. The Labute approximate surface area is 185 Å². The van der Waals surface area contributed by atoms with Crippen LogP contribution < -0.4 is 11.1 Å². The van der Waals surface area contributed by atoms with E-state index in [0.717, 1.165) is 29.5 Å². The largest absolute Gasteiger partial charge is 0.349 e. The number of rotatable bonds is 4. The third-order valence-corrected chi connectivity index (χ3v) is 6.55. The Morgan fingerprint density at radius 1 is 1.07 bits per heavy atom. The van der Waals surface area contributed by atoms with Gasteiger partial charge in [0.25, 0.3) is 0 Å². The van der Waals surface area contributed by atoms with Gasteiger partial charge in [0, 0.05) is 24.4 Å². The molecule has 2 fully saturated rings. The molecule has 0 saturated heterocycles. The molecular weight excluding hydrogens is 405 g/mol. The molecule has 158 valence electrons. The Bertz CT molecular complexity index is 770. The molecular formula is C23H31Cl2N3O. The summed E-state index contributed by atoms with van der Waals surface area (Å²) in [5.74, 6) is 1.38. The van der Waals surface area contributed by atoms with Crippen molar-refractivity contribution in [3.63, 3.8) is 0 Å². The van der Waals surface area contributed by atoms with Gasteiger partial charge >= 0.3 is 0 Å². The number of halogens is 2. The fourth-order valence-electron chi connectivity index (χ4n) is 4.92. The van der Waals surface area contributed by atoms with Gasteiger partial charge in [-0.25, -0.2) is 0 Å². The lowest BCUT2D eigenvalue weighted by Crippen LogP contribution is -2.49. The van der Waals surface area contributed by atoms with Crippen LogP contribution in [-0.2, 0) is 4.79 Å². The highest BCUT2D eigenvalue weighted by Gasteiger charge is 2.40. The Morgan fingerprint density at radius 2 is 1.72 bits per heavy atom. The molecule has 2 aliphatic carbocycles. The number of hydrogen-bond acceptors (Lipinski definition) is 3. The monoisotopic (exact) mass is 435 g/mol. The zero-order valence-electron chi connectivity index (χ0n) is 16.8. The maximum Gasteiger partial charge on any atom is 0.223 e. The second-order valence-electron chi connectivity index (χ2n) is 8.29. The van der Waals surface area contributed by atoms with Crippen molar-refractivity contribution in [3.05, 3.63) is 54.4 Å². The Balaban J connectivity index is 0.00000150. The first-order valence-electron chi connectivity index (χ1n) is 10.2. The fraction of sp³-hybridized carbons (Fsp3) is 0.478. The number of fused-ring (bicyclic) bond motifs is 2. The third-order valence-electron chi connectivity index (χ3n) is 6.55. The van der Waals surface area contributed by atoms with Crippen molar-refractivity contribution >= 4 is 30.7 Å². The highest BCUT2D eigenvalue weighted by atomic mass is 35.5. The second kappa shape index (κ2) is 10.4. The Kier molecular flexibility index (Phi) is 8.50. The molecule has 1 aromatic heterocycles. The summed E-state index contributed by atoms with van der Waals surface area (Å²) in [6.45, 7) is 2.06. The van der Waals surface area contributed by atoms with Crippen LogP contribution in [0.5, 0.6) is 0 Å². The quantitative estimate of drug-likeness (QED) is 0.715. The number of aromatic nitrogens is 1. The molecule has 0 spiro atoms. The van der Waals surface area contributed by atoms with Crippen molar-refractivity contribution in [2.45, 2.75) is 51.1 Å². The highest BCUT2D eigenvalue weighted by Crippen LogP contribution is 2.42. The molecule has 1 amide bonds. The van der Waals surface area contributed by atoms with E-state index in [0.29, 0.717) is 17.9 Å². The molecule has 3 unspecified atom stereocenters. The summed E-state index contributed by atoms with van der Waals surface area (Å²) in [4.78, 5) is 17.0. The van der Waals surface area contributed by atoms with Crippen molar-refractivity contribution in [2.24, 2.45) is 23.5 Å². The Hall–Kier alpha value is -1.62. The molecule has 2 aliphatic rings. The summed E-state index contributed by atoms with van der Waals surface area (Å²) in [6.07, 6.45) is 9.20. The second-order valence-corrected chi connectivity index (χ2v) is 8.29. The zero-order chi connectivity index (χ0) is 18.8. The van der Waals surface area contributed by atoms with Crippen LogP contribution in [0.2, 0.25) is 0 Å². The number of nitrogens with one attached hydrogen (secondary N) is 1. The highest BCUT2D eigenvalue weighted by molar-refractivity contribution is 5.85. The molecule has 4 rings (SSSR count). The normalized spacial score (nSPS) is 26.4. The molecule has 2 bridgehead atoms. The molecule has 1 heterocycles. The number of carbonyl (C=O) groups excluding carboxylic acids is 1. The molecule has 2 aromatic rings. The first-order valence-corrected chi connectivity index (χ1v) is 10.2. The minimum Gasteiger partial charge on any atom is -0.349 e. The van der Waals surface area contributed by atoms with E-state index < -0.39 is 0 Å². The topological polar surface area (TPSA) is 68.0 Å². The van der Waals surface area contributed by atoms with E-state index >= 15 is 0 Å². The van der Waals surface area contributed by atoms with E-state index in [4.69, 9.17) is 5.73 Å². The van der Waals surface area contributed by atoms with E-state index in [9.17, 15) is 4.79 Å². The smallest absolute Gasteiger partial charge is 0.223 e. The van der Waals surface area contributed by atoms with Gasteiger partial charge < -0.3 is 11.1 Å². The van der Waals surface area contributed by atoms with Gasteiger partial charge in [-0.3, -0.25) is 9.78 Å². The summed E-state index contributed by atoms with van der Waals surface area (Å²) >= 11 is 0. The molecule has 6 heteroatoms. The van der Waals surface area contributed by atoms with E-state index in [-0.39, 0.29) is 42.7 Å². The summed E-state index contributed by atoms with van der Waals surface area (Å²) in [6, 6.07) is 12.7. The zero-order valence-corrected chi connectivity index (χ0v) is 18.4. The van der Waals surface area contributed by atoms with Crippen molar-refractivity contribution in [2.75, 3.05) is 0 Å². The predicted molar refractivity (Wildman–Crippen MR) is 122 cm³/mol. The number of carbonyl (C=O) groups is 1. The standard InChI is InChI=1S/C23H29N3O.2ClH/c1-15(16-7-9-17(10-8-16)20-6-3-11-25-14-20)26-23(27)21-12-18-4-2-5-19(13-21)22(18)24;;/h3,6-11,14-15,18-19,21-22H,2,4-5,12-13,24H2,1H3,(H,26,27);2*1H.